The van der Waals surface area contributed by atoms with Gasteiger partial charge in [-0.3, -0.25) is 9.67 Å². The number of nitrogens with one attached hydrogen (secondary N) is 1. The van der Waals surface area contributed by atoms with E-state index in [-0.39, 0.29) is 10.6 Å². The van der Waals surface area contributed by atoms with Gasteiger partial charge in [0.05, 0.1) is 6.54 Å². The van der Waals surface area contributed by atoms with Gasteiger partial charge in [0.25, 0.3) is 0 Å². The van der Waals surface area contributed by atoms with E-state index in [0.717, 1.165) is 0 Å². The van der Waals surface area contributed by atoms with Gasteiger partial charge in [-0.15, -0.1) is 0 Å². The molecule has 1 heterocycles. The summed E-state index contributed by atoms with van der Waals surface area (Å²) >= 11 is 4.55. The summed E-state index contributed by atoms with van der Waals surface area (Å²) in [7, 11) is 0. The fraction of sp³-hybridized carbons (Fsp3) is 0.667. The maximum absolute atomic E-state index is 12.7. The van der Waals surface area contributed by atoms with Gasteiger partial charge in [-0.25, -0.2) is 8.78 Å². The van der Waals surface area contributed by atoms with Crippen LogP contribution >= 0.6 is 12.2 Å². The number of aromatic nitrogens is 3. The summed E-state index contributed by atoms with van der Waals surface area (Å²) in [5, 5.41) is 14.2. The molecule has 0 unspecified atom stereocenters. The molecule has 15 heavy (non-hydrogen) atoms. The van der Waals surface area contributed by atoms with Crippen molar-refractivity contribution in [2.45, 2.75) is 25.5 Å². The van der Waals surface area contributed by atoms with E-state index in [0.29, 0.717) is 4.57 Å². The van der Waals surface area contributed by atoms with Crippen LogP contribution in [0.15, 0.2) is 0 Å². The number of hydrogen-bond donors (Lipinski definition) is 2. The van der Waals surface area contributed by atoms with Gasteiger partial charge in [-0.2, -0.15) is 13.9 Å². The molecule has 0 radical (unpaired) electrons. The highest BCUT2D eigenvalue weighted by Gasteiger charge is 2.41. The Morgan fingerprint density at radius 2 is 2.13 bits per heavy atom. The first-order valence-corrected chi connectivity index (χ1v) is 4.20. The number of aliphatic hydroxyl groups is 1. The Hall–Kier alpha value is -0.960. The minimum atomic E-state index is -4.20. The van der Waals surface area contributed by atoms with Crippen LogP contribution in [0.25, 0.3) is 0 Å². The number of hydrogen-bond acceptors (Lipinski definition) is 3. The van der Waals surface area contributed by atoms with Crippen molar-refractivity contribution in [2.24, 2.45) is 0 Å². The van der Waals surface area contributed by atoms with Crippen molar-refractivity contribution < 1.29 is 22.7 Å². The average Bonchev–Trinajstić information content (AvgIpc) is 2.47. The lowest BCUT2D eigenvalue weighted by Crippen LogP contribution is -2.32. The van der Waals surface area contributed by atoms with Crippen LogP contribution < -0.4 is 0 Å². The van der Waals surface area contributed by atoms with Crippen molar-refractivity contribution in [2.75, 3.05) is 0 Å². The maximum Gasteiger partial charge on any atom is 0.325 e. The first kappa shape index (κ1) is 12.1. The number of aliphatic hydroxyl groups excluding tert-OH is 1. The van der Waals surface area contributed by atoms with Gasteiger partial charge < -0.3 is 5.11 Å². The van der Waals surface area contributed by atoms with E-state index in [1.165, 1.54) is 0 Å². The highest BCUT2D eigenvalue weighted by Crippen LogP contribution is 2.25. The summed E-state index contributed by atoms with van der Waals surface area (Å²) in [5.41, 5.74) is 0. The molecule has 2 N–H and O–H groups in total. The monoisotopic (exact) mass is 245 g/mol. The lowest BCUT2D eigenvalue weighted by molar-refractivity contribution is -0.138. The van der Waals surface area contributed by atoms with Gasteiger partial charge in [0.15, 0.2) is 10.6 Å². The van der Waals surface area contributed by atoms with Gasteiger partial charge in [-0.05, 0) is 12.2 Å². The molecular weight excluding hydrogens is 238 g/mol. The largest absolute Gasteiger partial charge is 0.388 e. The quantitative estimate of drug-likeness (QED) is 0.621. The zero-order valence-electron chi connectivity index (χ0n) is 7.25. The lowest BCUT2D eigenvalue weighted by atomic mass is 10.3. The Bertz CT molecular complexity index is 388. The highest BCUT2D eigenvalue weighted by atomic mass is 32.1. The molecule has 9 heteroatoms. The molecule has 0 atom stereocenters. The molecule has 1 rings (SSSR count). The van der Waals surface area contributed by atoms with Crippen molar-refractivity contribution in [3.05, 3.63) is 10.6 Å². The van der Waals surface area contributed by atoms with Gasteiger partial charge >= 0.3 is 12.3 Å². The topological polar surface area (TPSA) is 53.8 Å². The van der Waals surface area contributed by atoms with E-state index in [4.69, 9.17) is 5.11 Å². The van der Waals surface area contributed by atoms with Crippen LogP contribution in [0.3, 0.4) is 0 Å². The highest BCUT2D eigenvalue weighted by molar-refractivity contribution is 7.71. The zero-order valence-corrected chi connectivity index (χ0v) is 8.07. The van der Waals surface area contributed by atoms with E-state index in [2.05, 4.69) is 22.4 Å². The molecule has 0 aliphatic rings. The van der Waals surface area contributed by atoms with E-state index in [9.17, 15) is 17.6 Å². The molecule has 0 saturated heterocycles. The van der Waals surface area contributed by atoms with Gasteiger partial charge in [0.1, 0.15) is 6.61 Å². The predicted octanol–water partition coefficient (Wildman–Crippen LogP) is 1.33. The average molecular weight is 245 g/mol. The van der Waals surface area contributed by atoms with Crippen molar-refractivity contribution in [1.82, 2.24) is 14.8 Å². The van der Waals surface area contributed by atoms with Crippen LogP contribution in [0.2, 0.25) is 0 Å². The number of halogens is 4. The molecule has 1 aromatic rings. The first-order valence-electron chi connectivity index (χ1n) is 3.79. The molecule has 4 nitrogen and oxygen atoms in total. The van der Waals surface area contributed by atoms with Crippen LogP contribution in [-0.4, -0.2) is 32.2 Å². The first-order chi connectivity index (χ1) is 6.88. The summed E-state index contributed by atoms with van der Waals surface area (Å²) in [6, 6.07) is 0. The Balaban J connectivity index is 2.98. The van der Waals surface area contributed by atoms with Gasteiger partial charge in [0.2, 0.25) is 0 Å². The van der Waals surface area contributed by atoms with Gasteiger partial charge in [-0.1, -0.05) is 0 Å². The molecule has 0 spiro atoms. The van der Waals surface area contributed by atoms with Crippen LogP contribution in [0.4, 0.5) is 17.6 Å². The molecule has 0 aromatic carbocycles. The second-order valence-corrected chi connectivity index (χ2v) is 3.14. The number of nitrogens with zero attached hydrogens (tertiary/aromatic N) is 2. The van der Waals surface area contributed by atoms with Crippen molar-refractivity contribution in [3.8, 4) is 0 Å². The minimum Gasteiger partial charge on any atom is -0.388 e. The smallest absolute Gasteiger partial charge is 0.325 e. The molecule has 0 fully saturated rings. The molecule has 0 aliphatic carbocycles. The fourth-order valence-electron chi connectivity index (χ4n) is 0.914. The molecule has 0 bridgehead atoms. The third-order valence-electron chi connectivity index (χ3n) is 1.67. The number of H-pyrrole nitrogens is 1. The Morgan fingerprint density at radius 3 is 2.60 bits per heavy atom. The molecule has 0 amide bonds. The zero-order chi connectivity index (χ0) is 11.6. The standard InChI is InChI=1S/C6H7F4N3OS/c7-4(8)6(9,10)2-13-3(1-14)11-12-5(13)15/h4,14H,1-2H2,(H,12,15). The van der Waals surface area contributed by atoms with E-state index >= 15 is 0 Å². The summed E-state index contributed by atoms with van der Waals surface area (Å²) in [4.78, 5) is 0. The van der Waals surface area contributed by atoms with Crippen molar-refractivity contribution in [1.29, 1.82) is 0 Å². The third kappa shape index (κ3) is 2.53. The van der Waals surface area contributed by atoms with Crippen LogP contribution in [0.1, 0.15) is 5.82 Å². The molecule has 0 aliphatic heterocycles. The third-order valence-corrected chi connectivity index (χ3v) is 1.98. The second-order valence-electron chi connectivity index (χ2n) is 2.75. The maximum atomic E-state index is 12.7. The molecule has 86 valence electrons. The predicted molar refractivity (Wildman–Crippen MR) is 44.3 cm³/mol. The number of rotatable bonds is 4. The van der Waals surface area contributed by atoms with Crippen molar-refractivity contribution in [3.63, 3.8) is 0 Å². The molecule has 0 saturated carbocycles. The van der Waals surface area contributed by atoms with E-state index in [1.807, 2.05) is 0 Å². The van der Waals surface area contributed by atoms with Crippen molar-refractivity contribution >= 4 is 12.2 Å². The number of aromatic amines is 1. The van der Waals surface area contributed by atoms with E-state index in [1.54, 1.807) is 0 Å². The van der Waals surface area contributed by atoms with Crippen LogP contribution in [0, 0.1) is 4.77 Å². The second kappa shape index (κ2) is 4.27. The number of alkyl halides is 4. The Labute approximate surface area is 86.5 Å². The summed E-state index contributed by atoms with van der Waals surface area (Å²) in [6.07, 6.45) is -3.79. The summed E-state index contributed by atoms with van der Waals surface area (Å²) < 4.78 is 49.5. The fourth-order valence-corrected chi connectivity index (χ4v) is 1.13. The Morgan fingerprint density at radius 1 is 1.53 bits per heavy atom. The van der Waals surface area contributed by atoms with Crippen LogP contribution in [0.5, 0.6) is 0 Å². The molecular formula is C6H7F4N3OS. The SMILES string of the molecule is OCc1n[nH]c(=S)n1CC(F)(F)C(F)F. The summed E-state index contributed by atoms with van der Waals surface area (Å²) in [6.45, 7) is -1.97. The van der Waals surface area contributed by atoms with Crippen LogP contribution in [-0.2, 0) is 13.2 Å². The normalized spacial score (nSPS) is 12.4. The minimum absolute atomic E-state index is 0.208. The van der Waals surface area contributed by atoms with E-state index < -0.39 is 25.5 Å². The lowest BCUT2D eigenvalue weighted by Gasteiger charge is -2.16. The molecule has 1 aromatic heterocycles. The summed E-state index contributed by atoms with van der Waals surface area (Å²) in [5.74, 6) is -4.41. The van der Waals surface area contributed by atoms with Gasteiger partial charge in [0, 0.05) is 0 Å². The Kier molecular flexibility index (Phi) is 3.45.